The third-order valence-electron chi connectivity index (χ3n) is 4.42. The zero-order chi connectivity index (χ0) is 19.2. The number of aliphatic hydroxyl groups excluding tert-OH is 1. The minimum absolute atomic E-state index is 0.0111. The molecule has 2 heterocycles. The van der Waals surface area contributed by atoms with Gasteiger partial charge in [-0.1, -0.05) is 6.07 Å². The molecule has 6 nitrogen and oxygen atoms in total. The van der Waals surface area contributed by atoms with Crippen LogP contribution in [0.1, 0.15) is 25.2 Å². The van der Waals surface area contributed by atoms with Gasteiger partial charge < -0.3 is 25.1 Å². The minimum Gasteiger partial charge on any atom is -0.467 e. The van der Waals surface area contributed by atoms with Crippen molar-refractivity contribution in [3.8, 4) is 0 Å². The van der Waals surface area contributed by atoms with Crippen molar-refractivity contribution in [2.45, 2.75) is 25.5 Å². The number of nitrogens with one attached hydrogen (secondary N) is 2. The zero-order valence-electron chi connectivity index (χ0n) is 15.2. The lowest BCUT2D eigenvalue weighted by Crippen LogP contribution is -2.45. The van der Waals surface area contributed by atoms with Gasteiger partial charge in [-0.3, -0.25) is 4.99 Å². The molecule has 1 aliphatic rings. The second kappa shape index (κ2) is 8.85. The molecule has 2 unspecified atom stereocenters. The molecule has 0 bridgehead atoms. The fourth-order valence-electron chi connectivity index (χ4n) is 3.13. The first-order chi connectivity index (χ1) is 13.1. The first-order valence-electron chi connectivity index (χ1n) is 9.03. The molecule has 1 saturated heterocycles. The Bertz CT molecular complexity index is 747. The van der Waals surface area contributed by atoms with Gasteiger partial charge >= 0.3 is 0 Å². The average molecular weight is 378 g/mol. The van der Waals surface area contributed by atoms with Gasteiger partial charge in [-0.05, 0) is 37.6 Å². The predicted octanol–water partition coefficient (Wildman–Crippen LogP) is 2.43. The van der Waals surface area contributed by atoms with Crippen LogP contribution in [0.5, 0.6) is 0 Å². The number of guanidine groups is 1. The molecule has 0 radical (unpaired) electrons. The van der Waals surface area contributed by atoms with E-state index in [1.807, 2.05) is 6.92 Å². The van der Waals surface area contributed by atoms with Crippen molar-refractivity contribution in [3.05, 3.63) is 54.0 Å². The predicted molar refractivity (Wildman–Crippen MR) is 99.8 cm³/mol. The Morgan fingerprint density at radius 3 is 2.78 bits per heavy atom. The molecule has 2 aromatic rings. The van der Waals surface area contributed by atoms with E-state index in [0.29, 0.717) is 31.4 Å². The molecule has 0 amide bonds. The van der Waals surface area contributed by atoms with Crippen LogP contribution in [0.3, 0.4) is 0 Å². The fraction of sp³-hybridized carbons (Fsp3) is 0.421. The largest absolute Gasteiger partial charge is 0.467 e. The molecular formula is C19H24F2N4O2. The number of anilines is 1. The van der Waals surface area contributed by atoms with Crippen LogP contribution in [0.15, 0.2) is 46.0 Å². The van der Waals surface area contributed by atoms with Crippen LogP contribution in [0.2, 0.25) is 0 Å². The molecule has 1 aromatic heterocycles. The first-order valence-corrected chi connectivity index (χ1v) is 9.03. The van der Waals surface area contributed by atoms with Gasteiger partial charge in [0, 0.05) is 25.7 Å². The summed E-state index contributed by atoms with van der Waals surface area (Å²) in [5.74, 6) is -0.115. The minimum atomic E-state index is -0.831. The molecule has 27 heavy (non-hydrogen) atoms. The maximum absolute atomic E-state index is 14.0. The number of aliphatic imine (C=N–C) groups is 1. The van der Waals surface area contributed by atoms with Crippen molar-refractivity contribution in [1.29, 1.82) is 0 Å². The average Bonchev–Trinajstić information content (AvgIpc) is 3.32. The fourth-order valence-corrected chi connectivity index (χ4v) is 3.13. The van der Waals surface area contributed by atoms with Crippen molar-refractivity contribution in [3.63, 3.8) is 0 Å². The smallest absolute Gasteiger partial charge is 0.191 e. The lowest BCUT2D eigenvalue weighted by Gasteiger charge is -2.21. The van der Waals surface area contributed by atoms with Gasteiger partial charge in [0.2, 0.25) is 0 Å². The summed E-state index contributed by atoms with van der Waals surface area (Å²) in [6, 6.07) is 7.28. The van der Waals surface area contributed by atoms with Crippen LogP contribution >= 0.6 is 0 Å². The summed E-state index contributed by atoms with van der Waals surface area (Å²) in [6.45, 7) is 3.74. The van der Waals surface area contributed by atoms with Gasteiger partial charge in [-0.15, -0.1) is 0 Å². The second-order valence-corrected chi connectivity index (χ2v) is 6.40. The zero-order valence-corrected chi connectivity index (χ0v) is 15.2. The van der Waals surface area contributed by atoms with Crippen LogP contribution in [-0.4, -0.2) is 43.3 Å². The molecule has 0 spiro atoms. The van der Waals surface area contributed by atoms with Gasteiger partial charge in [0.05, 0.1) is 12.8 Å². The molecule has 2 atom stereocenters. The molecule has 146 valence electrons. The van der Waals surface area contributed by atoms with E-state index in [4.69, 9.17) is 4.42 Å². The van der Waals surface area contributed by atoms with E-state index in [2.05, 4.69) is 15.6 Å². The Morgan fingerprint density at radius 1 is 1.33 bits per heavy atom. The number of nitrogens with zero attached hydrogens (tertiary/aromatic N) is 2. The van der Waals surface area contributed by atoms with Crippen molar-refractivity contribution in [1.82, 2.24) is 10.6 Å². The van der Waals surface area contributed by atoms with Crippen molar-refractivity contribution in [2.75, 3.05) is 31.1 Å². The van der Waals surface area contributed by atoms with E-state index in [1.54, 1.807) is 17.0 Å². The molecule has 3 N–H and O–H groups in total. The van der Waals surface area contributed by atoms with Gasteiger partial charge in [0.25, 0.3) is 0 Å². The van der Waals surface area contributed by atoms with E-state index < -0.39 is 17.7 Å². The summed E-state index contributed by atoms with van der Waals surface area (Å²) in [5, 5.41) is 16.5. The summed E-state index contributed by atoms with van der Waals surface area (Å²) < 4.78 is 33.1. The standard InChI is InChI=1S/C19H24F2N4O2/c1-2-22-19(23-11-16(26)17-7-4-10-27-17)24-13-8-9-25(12-13)18-14(20)5-3-6-15(18)21/h3-7,10,13,16,26H,2,8-9,11-12H2,1H3,(H2,22,23,24). The highest BCUT2D eigenvalue weighted by atomic mass is 19.1. The van der Waals surface area contributed by atoms with Crippen molar-refractivity contribution in [2.24, 2.45) is 4.99 Å². The lowest BCUT2D eigenvalue weighted by atomic mass is 10.2. The number of furan rings is 1. The summed E-state index contributed by atoms with van der Waals surface area (Å²) >= 11 is 0. The summed E-state index contributed by atoms with van der Waals surface area (Å²) in [7, 11) is 0. The molecule has 8 heteroatoms. The highest BCUT2D eigenvalue weighted by molar-refractivity contribution is 5.80. The molecular weight excluding hydrogens is 354 g/mol. The number of hydrogen-bond donors (Lipinski definition) is 3. The van der Waals surface area contributed by atoms with Gasteiger partial charge in [0.15, 0.2) is 5.96 Å². The van der Waals surface area contributed by atoms with Crippen LogP contribution in [0.4, 0.5) is 14.5 Å². The van der Waals surface area contributed by atoms with Crippen LogP contribution in [0.25, 0.3) is 0 Å². The Balaban J connectivity index is 1.61. The van der Waals surface area contributed by atoms with Crippen molar-refractivity contribution < 1.29 is 18.3 Å². The quantitative estimate of drug-likeness (QED) is 0.532. The van der Waals surface area contributed by atoms with Gasteiger partial charge in [-0.25, -0.2) is 8.78 Å². The van der Waals surface area contributed by atoms with E-state index in [1.165, 1.54) is 24.5 Å². The molecule has 1 fully saturated rings. The number of para-hydroxylation sites is 1. The Labute approximate surface area is 156 Å². The number of hydrogen-bond acceptors (Lipinski definition) is 4. The summed E-state index contributed by atoms with van der Waals surface area (Å²) in [5.41, 5.74) is 0.0111. The number of aliphatic hydroxyl groups is 1. The highest BCUT2D eigenvalue weighted by Gasteiger charge is 2.27. The van der Waals surface area contributed by atoms with Crippen LogP contribution < -0.4 is 15.5 Å². The van der Waals surface area contributed by atoms with E-state index >= 15 is 0 Å². The number of halogens is 2. The van der Waals surface area contributed by atoms with E-state index in [0.717, 1.165) is 6.42 Å². The number of rotatable bonds is 6. The van der Waals surface area contributed by atoms with Crippen molar-refractivity contribution >= 4 is 11.6 Å². The maximum atomic E-state index is 14.0. The van der Waals surface area contributed by atoms with E-state index in [9.17, 15) is 13.9 Å². The van der Waals surface area contributed by atoms with Crippen LogP contribution in [0, 0.1) is 11.6 Å². The molecule has 1 aromatic carbocycles. The maximum Gasteiger partial charge on any atom is 0.191 e. The highest BCUT2D eigenvalue weighted by Crippen LogP contribution is 2.26. The Kier molecular flexibility index (Phi) is 6.28. The Morgan fingerprint density at radius 2 is 2.11 bits per heavy atom. The second-order valence-electron chi connectivity index (χ2n) is 6.40. The summed E-state index contributed by atoms with van der Waals surface area (Å²) in [4.78, 5) is 6.08. The molecule has 0 saturated carbocycles. The third-order valence-corrected chi connectivity index (χ3v) is 4.42. The molecule has 0 aliphatic carbocycles. The lowest BCUT2D eigenvalue weighted by molar-refractivity contribution is 0.158. The van der Waals surface area contributed by atoms with Gasteiger partial charge in [0.1, 0.15) is 29.2 Å². The Hall–Kier alpha value is -2.61. The topological polar surface area (TPSA) is 73.0 Å². The molecule has 3 rings (SSSR count). The monoisotopic (exact) mass is 378 g/mol. The number of benzene rings is 1. The third kappa shape index (κ3) is 4.77. The normalized spacial score (nSPS) is 18.6. The SMILES string of the molecule is CCNC(=NCC(O)c1ccco1)NC1CCN(c2c(F)cccc2F)C1. The molecule has 1 aliphatic heterocycles. The first kappa shape index (κ1) is 19.2. The van der Waals surface area contributed by atoms with E-state index in [-0.39, 0.29) is 18.3 Å². The van der Waals surface area contributed by atoms with Gasteiger partial charge in [-0.2, -0.15) is 0 Å². The van der Waals surface area contributed by atoms with Crippen LogP contribution in [-0.2, 0) is 0 Å². The summed E-state index contributed by atoms with van der Waals surface area (Å²) in [6.07, 6.45) is 1.39.